The number of nitrogens with zero attached hydrogens (tertiary/aromatic N) is 1. The summed E-state index contributed by atoms with van der Waals surface area (Å²) in [5.41, 5.74) is 1.44. The molecule has 1 unspecified atom stereocenters. The number of rotatable bonds is 2. The maximum absolute atomic E-state index is 9.23. The Morgan fingerprint density at radius 1 is 1.46 bits per heavy atom. The van der Waals surface area contributed by atoms with Crippen molar-refractivity contribution < 1.29 is 5.11 Å². The molecule has 2 heteroatoms. The minimum atomic E-state index is -0.275. The number of likely N-dealkylation sites (tertiary alicyclic amines) is 1. The van der Waals surface area contributed by atoms with Gasteiger partial charge in [-0.2, -0.15) is 0 Å². The van der Waals surface area contributed by atoms with Gasteiger partial charge in [-0.25, -0.2) is 0 Å². The molecule has 0 aromatic rings. The Morgan fingerprint density at radius 2 is 2.23 bits per heavy atom. The van der Waals surface area contributed by atoms with Crippen molar-refractivity contribution in [1.29, 1.82) is 0 Å². The van der Waals surface area contributed by atoms with E-state index in [1.807, 2.05) is 13.0 Å². The Morgan fingerprint density at radius 3 is 2.85 bits per heavy atom. The molecule has 1 saturated heterocycles. The third-order valence-electron chi connectivity index (χ3n) is 2.65. The molecular formula is C11H21NO. The maximum atomic E-state index is 9.23. The molecule has 1 aliphatic rings. The van der Waals surface area contributed by atoms with E-state index in [4.69, 9.17) is 0 Å². The minimum Gasteiger partial charge on any atom is -0.389 e. The molecule has 0 aromatic carbocycles. The van der Waals surface area contributed by atoms with Crippen LogP contribution in [0.5, 0.6) is 0 Å². The molecule has 0 amide bonds. The average molecular weight is 183 g/mol. The second kappa shape index (κ2) is 5.40. The van der Waals surface area contributed by atoms with Gasteiger partial charge in [0.05, 0.1) is 6.10 Å². The van der Waals surface area contributed by atoms with E-state index in [9.17, 15) is 5.11 Å². The van der Waals surface area contributed by atoms with Crippen LogP contribution in [0.3, 0.4) is 0 Å². The summed E-state index contributed by atoms with van der Waals surface area (Å²) in [4.78, 5) is 2.48. The van der Waals surface area contributed by atoms with Crippen molar-refractivity contribution in [2.45, 2.75) is 39.2 Å². The van der Waals surface area contributed by atoms with E-state index >= 15 is 0 Å². The van der Waals surface area contributed by atoms with E-state index in [1.54, 1.807) is 0 Å². The lowest BCUT2D eigenvalue weighted by Gasteiger charge is -2.16. The van der Waals surface area contributed by atoms with Gasteiger partial charge in [0.15, 0.2) is 0 Å². The monoisotopic (exact) mass is 183 g/mol. The first-order chi connectivity index (χ1) is 6.22. The van der Waals surface area contributed by atoms with Crippen LogP contribution in [0.15, 0.2) is 11.6 Å². The lowest BCUT2D eigenvalue weighted by molar-refractivity contribution is 0.242. The molecule has 1 N–H and O–H groups in total. The summed E-state index contributed by atoms with van der Waals surface area (Å²) >= 11 is 0. The van der Waals surface area contributed by atoms with Crippen LogP contribution in [0.4, 0.5) is 0 Å². The highest BCUT2D eigenvalue weighted by Crippen LogP contribution is 2.16. The molecule has 1 aliphatic heterocycles. The van der Waals surface area contributed by atoms with Crippen LogP contribution in [0.1, 0.15) is 33.1 Å². The Kier molecular flexibility index (Phi) is 4.46. The van der Waals surface area contributed by atoms with Crippen molar-refractivity contribution in [2.24, 2.45) is 0 Å². The lowest BCUT2D eigenvalue weighted by atomic mass is 10.1. The van der Waals surface area contributed by atoms with E-state index in [0.717, 1.165) is 19.5 Å². The fourth-order valence-corrected chi connectivity index (χ4v) is 1.89. The normalized spacial score (nSPS) is 25.9. The van der Waals surface area contributed by atoms with Gasteiger partial charge in [-0.1, -0.05) is 18.6 Å². The van der Waals surface area contributed by atoms with Gasteiger partial charge in [0.25, 0.3) is 0 Å². The minimum absolute atomic E-state index is 0.275. The van der Waals surface area contributed by atoms with E-state index in [-0.39, 0.29) is 6.10 Å². The van der Waals surface area contributed by atoms with Gasteiger partial charge in [0.2, 0.25) is 0 Å². The number of aliphatic hydroxyl groups is 1. The Bertz CT molecular complexity index is 175. The molecule has 0 aromatic heterocycles. The number of hydrogen-bond donors (Lipinski definition) is 1. The molecule has 1 fully saturated rings. The van der Waals surface area contributed by atoms with Crippen molar-refractivity contribution in [3.63, 3.8) is 0 Å². The third-order valence-corrected chi connectivity index (χ3v) is 2.65. The Hall–Kier alpha value is -0.340. The van der Waals surface area contributed by atoms with Crippen molar-refractivity contribution in [3.05, 3.63) is 11.6 Å². The molecule has 1 atom stereocenters. The van der Waals surface area contributed by atoms with Gasteiger partial charge < -0.3 is 10.0 Å². The smallest absolute Gasteiger partial charge is 0.0695 e. The van der Waals surface area contributed by atoms with E-state index in [0.29, 0.717) is 0 Å². The number of aliphatic hydroxyl groups excluding tert-OH is 1. The zero-order valence-electron chi connectivity index (χ0n) is 8.79. The van der Waals surface area contributed by atoms with Crippen LogP contribution in [0.2, 0.25) is 0 Å². The molecule has 0 radical (unpaired) electrons. The molecule has 0 aliphatic carbocycles. The molecule has 13 heavy (non-hydrogen) atoms. The molecule has 1 rings (SSSR count). The summed E-state index contributed by atoms with van der Waals surface area (Å²) in [5, 5.41) is 9.23. The van der Waals surface area contributed by atoms with Crippen LogP contribution < -0.4 is 0 Å². The van der Waals surface area contributed by atoms with Crippen LogP contribution in [0.25, 0.3) is 0 Å². The summed E-state index contributed by atoms with van der Waals surface area (Å²) in [6.07, 6.45) is 5.29. The van der Waals surface area contributed by atoms with Crippen molar-refractivity contribution in [1.82, 2.24) is 4.90 Å². The molecule has 0 saturated carbocycles. The lowest BCUT2D eigenvalue weighted by Crippen LogP contribution is -2.23. The summed E-state index contributed by atoms with van der Waals surface area (Å²) in [6, 6.07) is 0. The summed E-state index contributed by atoms with van der Waals surface area (Å²) in [5.74, 6) is 0. The predicted octanol–water partition coefficient (Wildman–Crippen LogP) is 1.80. The molecule has 2 nitrogen and oxygen atoms in total. The summed E-state index contributed by atoms with van der Waals surface area (Å²) in [7, 11) is 0. The van der Waals surface area contributed by atoms with Gasteiger partial charge in [-0.15, -0.1) is 0 Å². The van der Waals surface area contributed by atoms with Crippen LogP contribution in [-0.4, -0.2) is 35.7 Å². The Balaban J connectivity index is 2.44. The van der Waals surface area contributed by atoms with Crippen molar-refractivity contribution in [3.8, 4) is 0 Å². The quantitative estimate of drug-likeness (QED) is 0.660. The van der Waals surface area contributed by atoms with Gasteiger partial charge >= 0.3 is 0 Å². The molecule has 76 valence electrons. The second-order valence-corrected chi connectivity index (χ2v) is 3.85. The highest BCUT2D eigenvalue weighted by molar-refractivity contribution is 5.06. The van der Waals surface area contributed by atoms with Gasteiger partial charge in [0.1, 0.15) is 0 Å². The first kappa shape index (κ1) is 10.7. The van der Waals surface area contributed by atoms with Crippen molar-refractivity contribution >= 4 is 0 Å². The third kappa shape index (κ3) is 3.92. The summed E-state index contributed by atoms with van der Waals surface area (Å²) < 4.78 is 0. The molecule has 0 bridgehead atoms. The van der Waals surface area contributed by atoms with Gasteiger partial charge in [-0.05, 0) is 39.3 Å². The SMILES string of the molecule is CCN1CCC/C(=C\C(C)O)CC1. The van der Waals surface area contributed by atoms with Crippen LogP contribution >= 0.6 is 0 Å². The largest absolute Gasteiger partial charge is 0.389 e. The fourth-order valence-electron chi connectivity index (χ4n) is 1.89. The predicted molar refractivity (Wildman–Crippen MR) is 55.7 cm³/mol. The van der Waals surface area contributed by atoms with Crippen molar-refractivity contribution in [2.75, 3.05) is 19.6 Å². The molecule has 1 heterocycles. The van der Waals surface area contributed by atoms with E-state index in [1.165, 1.54) is 25.0 Å². The van der Waals surface area contributed by atoms with Gasteiger partial charge in [0, 0.05) is 6.54 Å². The summed E-state index contributed by atoms with van der Waals surface area (Å²) in [6.45, 7) is 7.57. The number of hydrogen-bond acceptors (Lipinski definition) is 2. The molecular weight excluding hydrogens is 162 g/mol. The first-order valence-electron chi connectivity index (χ1n) is 5.32. The van der Waals surface area contributed by atoms with E-state index in [2.05, 4.69) is 11.8 Å². The highest BCUT2D eigenvalue weighted by atomic mass is 16.3. The zero-order chi connectivity index (χ0) is 9.68. The highest BCUT2D eigenvalue weighted by Gasteiger charge is 2.10. The van der Waals surface area contributed by atoms with Crippen LogP contribution in [0, 0.1) is 0 Å². The maximum Gasteiger partial charge on any atom is 0.0695 e. The zero-order valence-corrected chi connectivity index (χ0v) is 8.79. The van der Waals surface area contributed by atoms with Gasteiger partial charge in [-0.3, -0.25) is 0 Å². The second-order valence-electron chi connectivity index (χ2n) is 3.85. The Labute approximate surface area is 81.2 Å². The van der Waals surface area contributed by atoms with Crippen LogP contribution in [-0.2, 0) is 0 Å². The topological polar surface area (TPSA) is 23.5 Å². The standard InChI is InChI=1S/C11H21NO/c1-3-12-7-4-5-11(6-8-12)9-10(2)13/h9-10,13H,3-8H2,1-2H3/b11-9+. The average Bonchev–Trinajstić information content (AvgIpc) is 2.29. The first-order valence-corrected chi connectivity index (χ1v) is 5.32. The van der Waals surface area contributed by atoms with E-state index < -0.39 is 0 Å². The molecule has 0 spiro atoms. The fraction of sp³-hybridized carbons (Fsp3) is 0.818.